The van der Waals surface area contributed by atoms with Gasteiger partial charge in [-0.2, -0.15) is 8.42 Å². The van der Waals surface area contributed by atoms with Gasteiger partial charge in [0.15, 0.2) is 0 Å². The van der Waals surface area contributed by atoms with Crippen molar-refractivity contribution >= 4 is 10.0 Å². The van der Waals surface area contributed by atoms with E-state index in [2.05, 4.69) is 6.58 Å². The number of nitrogens with one attached hydrogen (secondary N) is 1. The summed E-state index contributed by atoms with van der Waals surface area (Å²) in [6, 6.07) is 0. The van der Waals surface area contributed by atoms with E-state index >= 15 is 0 Å². The fourth-order valence-corrected chi connectivity index (χ4v) is 1.97. The van der Waals surface area contributed by atoms with Crippen LogP contribution >= 0.6 is 0 Å². The highest BCUT2D eigenvalue weighted by Gasteiger charge is 2.24. The first-order valence-electron chi connectivity index (χ1n) is 3.47. The van der Waals surface area contributed by atoms with Crippen LogP contribution < -0.4 is 4.31 Å². The van der Waals surface area contributed by atoms with Crippen molar-refractivity contribution in [2.24, 2.45) is 0 Å². The molecule has 0 unspecified atom stereocenters. The average Bonchev–Trinajstić information content (AvgIpc) is 2.06. The van der Waals surface area contributed by atoms with Gasteiger partial charge in [-0.25, -0.2) is 4.31 Å². The maximum absolute atomic E-state index is 11.1. The van der Waals surface area contributed by atoms with Crippen LogP contribution in [0.3, 0.4) is 0 Å². The third-order valence-electron chi connectivity index (χ3n) is 1.67. The highest BCUT2D eigenvalue weighted by atomic mass is 32.2. The molecule has 0 saturated carbocycles. The van der Waals surface area contributed by atoms with Crippen LogP contribution in [0, 0.1) is 0 Å². The lowest BCUT2D eigenvalue weighted by Crippen LogP contribution is -3.15. The molecular formula is C6H12NO3S+. The summed E-state index contributed by atoms with van der Waals surface area (Å²) in [4.78, 5) is 0. The molecule has 1 rings (SSSR count). The largest absolute Gasteiger partial charge is 0.370 e. The molecule has 1 heterocycles. The van der Waals surface area contributed by atoms with Crippen LogP contribution in [0.1, 0.15) is 0 Å². The van der Waals surface area contributed by atoms with Gasteiger partial charge in [-0.15, -0.1) is 0 Å². The Kier molecular flexibility index (Phi) is 2.64. The molecule has 1 saturated heterocycles. The van der Waals surface area contributed by atoms with Crippen LogP contribution in [0.4, 0.5) is 0 Å². The molecule has 0 atom stereocenters. The summed E-state index contributed by atoms with van der Waals surface area (Å²) in [5.74, 6) is 0. The summed E-state index contributed by atoms with van der Waals surface area (Å²) in [5, 5.41) is 1.01. The lowest BCUT2D eigenvalue weighted by Gasteiger charge is -2.20. The molecule has 4 nitrogen and oxygen atoms in total. The molecule has 5 heteroatoms. The van der Waals surface area contributed by atoms with E-state index in [4.69, 9.17) is 4.74 Å². The molecule has 0 aromatic carbocycles. The van der Waals surface area contributed by atoms with Crippen LogP contribution in [0.2, 0.25) is 0 Å². The second kappa shape index (κ2) is 3.34. The number of hydrogen-bond donors (Lipinski definition) is 1. The van der Waals surface area contributed by atoms with Crippen LogP contribution in [-0.2, 0) is 14.8 Å². The average molecular weight is 178 g/mol. The molecule has 0 radical (unpaired) electrons. The van der Waals surface area contributed by atoms with E-state index in [0.717, 1.165) is 5.41 Å². The summed E-state index contributed by atoms with van der Waals surface area (Å²) in [7, 11) is -3.12. The molecule has 1 N–H and O–H groups in total. The van der Waals surface area contributed by atoms with Crippen LogP contribution in [-0.4, -0.2) is 34.7 Å². The minimum absolute atomic E-state index is 0.516. The van der Waals surface area contributed by atoms with Crippen LogP contribution in [0.25, 0.3) is 0 Å². The molecule has 11 heavy (non-hydrogen) atoms. The van der Waals surface area contributed by atoms with Gasteiger partial charge in [0.05, 0.1) is 18.6 Å². The van der Waals surface area contributed by atoms with Gasteiger partial charge in [0.25, 0.3) is 0 Å². The van der Waals surface area contributed by atoms with Crippen molar-refractivity contribution in [2.45, 2.75) is 0 Å². The van der Waals surface area contributed by atoms with Gasteiger partial charge in [-0.3, -0.25) is 0 Å². The van der Waals surface area contributed by atoms with Gasteiger partial charge in [0.2, 0.25) is 0 Å². The summed E-state index contributed by atoms with van der Waals surface area (Å²) in [6.45, 7) is 5.33. The zero-order valence-electron chi connectivity index (χ0n) is 6.25. The topological polar surface area (TPSA) is 47.8 Å². The fourth-order valence-electron chi connectivity index (χ4n) is 1.00. The molecule has 64 valence electrons. The first-order chi connectivity index (χ1) is 5.17. The van der Waals surface area contributed by atoms with Gasteiger partial charge >= 0.3 is 10.0 Å². The number of quaternary nitrogens is 1. The zero-order chi connectivity index (χ0) is 8.32. The van der Waals surface area contributed by atoms with Gasteiger partial charge < -0.3 is 4.74 Å². The van der Waals surface area contributed by atoms with Crippen LogP contribution in [0.15, 0.2) is 12.0 Å². The minimum Gasteiger partial charge on any atom is -0.370 e. The monoisotopic (exact) mass is 178 g/mol. The van der Waals surface area contributed by atoms with Crippen LogP contribution in [0.5, 0.6) is 0 Å². The molecule has 1 fully saturated rings. The molecule has 0 amide bonds. The number of rotatable bonds is 2. The van der Waals surface area contributed by atoms with E-state index in [9.17, 15) is 8.42 Å². The van der Waals surface area contributed by atoms with Crippen molar-refractivity contribution in [3.63, 3.8) is 0 Å². The smallest absolute Gasteiger partial charge is 0.318 e. The first kappa shape index (κ1) is 8.70. The van der Waals surface area contributed by atoms with Crippen molar-refractivity contribution in [3.8, 4) is 0 Å². The lowest BCUT2D eigenvalue weighted by molar-refractivity contribution is -0.777. The lowest BCUT2D eigenvalue weighted by atomic mass is 10.5. The highest BCUT2D eigenvalue weighted by Crippen LogP contribution is 1.81. The van der Waals surface area contributed by atoms with Crippen molar-refractivity contribution in [3.05, 3.63) is 12.0 Å². The standard InChI is InChI=1S/C6H11NO3S/c1-2-11(8,9)7-3-5-10-6-4-7/h2H,1,3-6H2/p+1. The second-order valence-corrected chi connectivity index (χ2v) is 4.36. The molecule has 0 aromatic rings. The Morgan fingerprint density at radius 1 is 1.36 bits per heavy atom. The van der Waals surface area contributed by atoms with Gasteiger partial charge in [-0.1, -0.05) is 6.58 Å². The Balaban J connectivity index is 2.66. The predicted molar refractivity (Wildman–Crippen MR) is 40.6 cm³/mol. The molecule has 1 aliphatic rings. The van der Waals surface area contributed by atoms with Gasteiger partial charge in [-0.05, 0) is 0 Å². The second-order valence-electron chi connectivity index (χ2n) is 2.36. The zero-order valence-corrected chi connectivity index (χ0v) is 7.06. The van der Waals surface area contributed by atoms with Gasteiger partial charge in [0, 0.05) is 0 Å². The molecule has 0 bridgehead atoms. The molecule has 0 aromatic heterocycles. The minimum atomic E-state index is -3.12. The third-order valence-corrected chi connectivity index (χ3v) is 3.32. The van der Waals surface area contributed by atoms with Crippen molar-refractivity contribution in [1.82, 2.24) is 0 Å². The van der Waals surface area contributed by atoms with E-state index in [1.807, 2.05) is 0 Å². The quantitative estimate of drug-likeness (QED) is 0.552. The molecule has 0 aliphatic carbocycles. The summed E-state index contributed by atoms with van der Waals surface area (Å²) in [5.41, 5.74) is 0. The maximum Gasteiger partial charge on any atom is 0.318 e. The molecular weight excluding hydrogens is 166 g/mol. The number of sulfonamides is 1. The summed E-state index contributed by atoms with van der Waals surface area (Å²) >= 11 is 0. The highest BCUT2D eigenvalue weighted by molar-refractivity contribution is 7.88. The summed E-state index contributed by atoms with van der Waals surface area (Å²) < 4.78 is 27.9. The van der Waals surface area contributed by atoms with Gasteiger partial charge in [0.1, 0.15) is 13.1 Å². The fraction of sp³-hybridized carbons (Fsp3) is 0.667. The normalized spacial score (nSPS) is 21.5. The number of ether oxygens (including phenoxy) is 1. The maximum atomic E-state index is 11.1. The molecule has 1 aliphatic heterocycles. The Labute approximate surface area is 66.5 Å². The van der Waals surface area contributed by atoms with Crippen molar-refractivity contribution < 1.29 is 17.5 Å². The Morgan fingerprint density at radius 3 is 2.36 bits per heavy atom. The van der Waals surface area contributed by atoms with E-state index in [-0.39, 0.29) is 0 Å². The van der Waals surface area contributed by atoms with E-state index < -0.39 is 10.0 Å². The van der Waals surface area contributed by atoms with Crippen molar-refractivity contribution in [2.75, 3.05) is 26.3 Å². The predicted octanol–water partition coefficient (Wildman–Crippen LogP) is -1.63. The third kappa shape index (κ3) is 2.02. The van der Waals surface area contributed by atoms with E-state index in [0.29, 0.717) is 30.6 Å². The van der Waals surface area contributed by atoms with E-state index in [1.165, 1.54) is 0 Å². The van der Waals surface area contributed by atoms with Crippen molar-refractivity contribution in [1.29, 1.82) is 0 Å². The number of morpholine rings is 1. The Morgan fingerprint density at radius 2 is 1.91 bits per heavy atom. The first-order valence-corrected chi connectivity index (χ1v) is 5.01. The number of hydrogen-bond acceptors (Lipinski definition) is 3. The molecule has 0 spiro atoms. The SMILES string of the molecule is C=CS(=O)(=O)[NH+]1CCOCC1. The Bertz CT molecular complexity index is 228. The summed E-state index contributed by atoms with van der Waals surface area (Å²) in [6.07, 6.45) is 0. The van der Waals surface area contributed by atoms with E-state index in [1.54, 1.807) is 0 Å². The Hall–Kier alpha value is -0.390.